The number of nitrogens with zero attached hydrogens (tertiary/aromatic N) is 1. The maximum atomic E-state index is 2.66. The van der Waals surface area contributed by atoms with Gasteiger partial charge < -0.3 is 4.90 Å². The minimum atomic E-state index is -0.0591. The number of benzene rings is 6. The lowest BCUT2D eigenvalue weighted by Gasteiger charge is -2.61. The highest BCUT2D eigenvalue weighted by Crippen LogP contribution is 2.69. The summed E-state index contributed by atoms with van der Waals surface area (Å²) in [4.78, 5) is 2.62. The first-order valence-electron chi connectivity index (χ1n) is 18.3. The Kier molecular flexibility index (Phi) is 5.41. The van der Waals surface area contributed by atoms with Crippen LogP contribution in [0.15, 0.2) is 127 Å². The molecule has 0 aliphatic heterocycles. The van der Waals surface area contributed by atoms with Crippen molar-refractivity contribution in [2.45, 2.75) is 56.8 Å². The lowest BCUT2D eigenvalue weighted by Crippen LogP contribution is -2.55. The molecule has 6 aliphatic rings. The molecule has 0 aromatic heterocycles. The molecule has 1 nitrogen and oxygen atoms in total. The van der Waals surface area contributed by atoms with Crippen molar-refractivity contribution in [2.75, 3.05) is 4.90 Å². The molecular weight excluding hydrogens is 579 g/mol. The summed E-state index contributed by atoms with van der Waals surface area (Å²) in [6, 6.07) is 49.0. The number of rotatable bonds is 3. The molecule has 4 saturated carbocycles. The van der Waals surface area contributed by atoms with Gasteiger partial charge in [0.05, 0.1) is 11.4 Å². The quantitative estimate of drug-likeness (QED) is 0.190. The second-order valence-corrected chi connectivity index (χ2v) is 16.2. The molecule has 4 fully saturated rings. The van der Waals surface area contributed by atoms with Gasteiger partial charge in [0.25, 0.3) is 0 Å². The average Bonchev–Trinajstić information content (AvgIpc) is 3.53. The minimum absolute atomic E-state index is 0.0591. The first kappa shape index (κ1) is 27.3. The van der Waals surface area contributed by atoms with Crippen molar-refractivity contribution in [3.05, 3.63) is 150 Å². The Morgan fingerprint density at radius 2 is 1.10 bits per heavy atom. The molecule has 0 radical (unpaired) electrons. The molecule has 0 N–H and O–H groups in total. The Morgan fingerprint density at radius 1 is 0.500 bits per heavy atom. The average molecular weight is 620 g/mol. The van der Waals surface area contributed by atoms with Crippen LogP contribution >= 0.6 is 0 Å². The smallest absolute Gasteiger partial charge is 0.0543 e. The maximum Gasteiger partial charge on any atom is 0.0543 e. The molecule has 6 aromatic rings. The third kappa shape index (κ3) is 3.38. The topological polar surface area (TPSA) is 3.24 Å². The summed E-state index contributed by atoms with van der Waals surface area (Å²) >= 11 is 0. The van der Waals surface area contributed by atoms with Crippen molar-refractivity contribution in [1.82, 2.24) is 0 Å². The van der Waals surface area contributed by atoms with E-state index in [2.05, 4.69) is 146 Å². The van der Waals surface area contributed by atoms with Crippen molar-refractivity contribution in [1.29, 1.82) is 0 Å². The molecule has 0 saturated heterocycles. The van der Waals surface area contributed by atoms with Crippen LogP contribution in [0.5, 0.6) is 0 Å². The second-order valence-electron chi connectivity index (χ2n) is 16.2. The van der Waals surface area contributed by atoms with E-state index in [0.29, 0.717) is 0 Å². The van der Waals surface area contributed by atoms with Gasteiger partial charge in [-0.05, 0) is 124 Å². The van der Waals surface area contributed by atoms with Gasteiger partial charge in [-0.25, -0.2) is 0 Å². The van der Waals surface area contributed by atoms with E-state index in [0.717, 1.165) is 23.7 Å². The number of anilines is 3. The van der Waals surface area contributed by atoms with Crippen molar-refractivity contribution in [3.63, 3.8) is 0 Å². The molecule has 0 unspecified atom stereocenters. The Morgan fingerprint density at radius 3 is 1.92 bits per heavy atom. The van der Waals surface area contributed by atoms with E-state index < -0.39 is 0 Å². The zero-order valence-electron chi connectivity index (χ0n) is 27.9. The zero-order chi connectivity index (χ0) is 31.8. The number of hydrogen-bond donors (Lipinski definition) is 0. The predicted octanol–water partition coefficient (Wildman–Crippen LogP) is 12.3. The molecule has 12 rings (SSSR count). The van der Waals surface area contributed by atoms with E-state index in [9.17, 15) is 0 Å². The summed E-state index contributed by atoms with van der Waals surface area (Å²) in [5.74, 6) is 3.34. The fourth-order valence-corrected chi connectivity index (χ4v) is 12.0. The van der Waals surface area contributed by atoms with Crippen LogP contribution in [0.2, 0.25) is 0 Å². The highest BCUT2D eigenvalue weighted by molar-refractivity contribution is 6.03. The fraction of sp³-hybridized carbons (Fsp3) is 0.277. The van der Waals surface area contributed by atoms with Crippen LogP contribution in [0, 0.1) is 23.7 Å². The molecule has 4 bridgehead atoms. The van der Waals surface area contributed by atoms with Crippen LogP contribution in [0.4, 0.5) is 17.1 Å². The SMILES string of the molecule is CC1(C)c2ccccc2-c2c(N(c3ccc4c(c3)C3(c5ccccc5-4)C4CC5CC(C4)CC3C5)c3cccc4ccccc34)cccc21. The zero-order valence-corrected chi connectivity index (χ0v) is 27.9. The van der Waals surface area contributed by atoms with Crippen LogP contribution in [0.3, 0.4) is 0 Å². The molecular formula is C47H41N. The van der Waals surface area contributed by atoms with E-state index >= 15 is 0 Å². The van der Waals surface area contributed by atoms with Crippen LogP contribution < -0.4 is 4.90 Å². The molecule has 0 atom stereocenters. The van der Waals surface area contributed by atoms with Crippen molar-refractivity contribution in [2.24, 2.45) is 23.7 Å². The monoisotopic (exact) mass is 619 g/mol. The first-order chi connectivity index (χ1) is 23.5. The van der Waals surface area contributed by atoms with Gasteiger partial charge >= 0.3 is 0 Å². The van der Waals surface area contributed by atoms with Gasteiger partial charge in [-0.3, -0.25) is 0 Å². The Bertz CT molecular complexity index is 2270. The summed E-state index contributed by atoms with van der Waals surface area (Å²) in [5, 5.41) is 2.57. The van der Waals surface area contributed by atoms with Crippen molar-refractivity contribution < 1.29 is 0 Å². The minimum Gasteiger partial charge on any atom is -0.309 e. The molecule has 234 valence electrons. The standard InChI is InChI=1S/C47H41N/c1-46(2)39-16-7-6-15-38(39)45-41(46)18-10-20-44(45)48(43-19-9-12-31-11-3-4-13-35(31)43)34-21-22-37-36-14-5-8-17-40(36)47(42(37)28-34)32-24-29-23-30(26-32)27-33(47)25-29/h3-22,28-30,32-33H,23-27H2,1-2H3. The molecule has 0 heterocycles. The Balaban J connectivity index is 1.20. The molecule has 0 amide bonds. The van der Waals surface area contributed by atoms with Gasteiger partial charge in [0.2, 0.25) is 0 Å². The normalized spacial score (nSPS) is 26.4. The van der Waals surface area contributed by atoms with Gasteiger partial charge in [0.15, 0.2) is 0 Å². The van der Waals surface area contributed by atoms with Crippen molar-refractivity contribution in [3.8, 4) is 22.3 Å². The summed E-state index contributed by atoms with van der Waals surface area (Å²) in [5.41, 5.74) is 15.6. The molecule has 1 heteroatoms. The second kappa shape index (κ2) is 9.50. The summed E-state index contributed by atoms with van der Waals surface area (Å²) < 4.78 is 0. The molecule has 6 aliphatic carbocycles. The van der Waals surface area contributed by atoms with Crippen LogP contribution in [0.25, 0.3) is 33.0 Å². The molecule has 48 heavy (non-hydrogen) atoms. The Hall–Kier alpha value is -4.62. The lowest BCUT2D eigenvalue weighted by molar-refractivity contribution is -0.0399. The largest absolute Gasteiger partial charge is 0.309 e. The van der Waals surface area contributed by atoms with Gasteiger partial charge in [-0.2, -0.15) is 0 Å². The maximum absolute atomic E-state index is 2.66. The Labute approximate surface area is 284 Å². The highest BCUT2D eigenvalue weighted by atomic mass is 15.1. The van der Waals surface area contributed by atoms with E-state index in [1.54, 1.807) is 11.1 Å². The van der Waals surface area contributed by atoms with E-state index in [1.807, 2.05) is 0 Å². The van der Waals surface area contributed by atoms with Crippen LogP contribution in [0.1, 0.15) is 68.2 Å². The number of fused-ring (bicyclic) bond motifs is 7. The van der Waals surface area contributed by atoms with Crippen molar-refractivity contribution >= 4 is 27.8 Å². The van der Waals surface area contributed by atoms with Crippen LogP contribution in [-0.4, -0.2) is 0 Å². The van der Waals surface area contributed by atoms with Gasteiger partial charge in [-0.15, -0.1) is 0 Å². The summed E-state index contributed by atoms with van der Waals surface area (Å²) in [6.07, 6.45) is 7.07. The van der Waals surface area contributed by atoms with Gasteiger partial charge in [0, 0.05) is 27.5 Å². The third-order valence-corrected chi connectivity index (χ3v) is 13.6. The molecule has 6 aromatic carbocycles. The highest BCUT2D eigenvalue weighted by Gasteiger charge is 2.61. The first-order valence-corrected chi connectivity index (χ1v) is 18.3. The third-order valence-electron chi connectivity index (χ3n) is 13.6. The van der Waals surface area contributed by atoms with E-state index in [-0.39, 0.29) is 10.8 Å². The summed E-state index contributed by atoms with van der Waals surface area (Å²) in [7, 11) is 0. The predicted molar refractivity (Wildman–Crippen MR) is 199 cm³/mol. The molecule has 1 spiro atoms. The fourth-order valence-electron chi connectivity index (χ4n) is 12.0. The summed E-state index contributed by atoms with van der Waals surface area (Å²) in [6.45, 7) is 4.79. The van der Waals surface area contributed by atoms with Crippen LogP contribution in [-0.2, 0) is 10.8 Å². The van der Waals surface area contributed by atoms with Gasteiger partial charge in [0.1, 0.15) is 0 Å². The number of hydrogen-bond acceptors (Lipinski definition) is 1. The van der Waals surface area contributed by atoms with E-state index in [1.165, 1.54) is 93.3 Å². The van der Waals surface area contributed by atoms with E-state index in [4.69, 9.17) is 0 Å². The lowest BCUT2D eigenvalue weighted by atomic mass is 9.43. The van der Waals surface area contributed by atoms with Gasteiger partial charge in [-0.1, -0.05) is 117 Å².